The van der Waals surface area contributed by atoms with Crippen molar-refractivity contribution in [3.63, 3.8) is 0 Å². The van der Waals surface area contributed by atoms with Crippen molar-refractivity contribution in [2.75, 3.05) is 13.3 Å². The molecule has 25 heavy (non-hydrogen) atoms. The maximum absolute atomic E-state index is 12.2. The summed E-state index contributed by atoms with van der Waals surface area (Å²) in [4.78, 5) is 27.1. The zero-order chi connectivity index (χ0) is 19.5. The fourth-order valence-electron chi connectivity index (χ4n) is 1.72. The SMILES string of the molecule is CC(C)(C)OC(=O)N=COCN[C@@H](CCCCN)C(=O)OC(C)(C)C. The van der Waals surface area contributed by atoms with Crippen LogP contribution in [0.5, 0.6) is 0 Å². The van der Waals surface area contributed by atoms with Crippen LogP contribution in [0.3, 0.4) is 0 Å². The molecule has 0 aliphatic rings. The van der Waals surface area contributed by atoms with E-state index in [0.29, 0.717) is 13.0 Å². The lowest BCUT2D eigenvalue weighted by atomic mass is 10.1. The quantitative estimate of drug-likeness (QED) is 0.214. The third kappa shape index (κ3) is 14.4. The molecule has 0 heterocycles. The van der Waals surface area contributed by atoms with E-state index < -0.39 is 23.3 Å². The monoisotopic (exact) mass is 359 g/mol. The van der Waals surface area contributed by atoms with Gasteiger partial charge in [-0.25, -0.2) is 4.79 Å². The van der Waals surface area contributed by atoms with Gasteiger partial charge in [0.15, 0.2) is 6.40 Å². The van der Waals surface area contributed by atoms with Gasteiger partial charge in [0.05, 0.1) is 0 Å². The van der Waals surface area contributed by atoms with Crippen LogP contribution in [0, 0.1) is 0 Å². The van der Waals surface area contributed by atoms with E-state index in [-0.39, 0.29) is 12.7 Å². The van der Waals surface area contributed by atoms with Crippen molar-refractivity contribution in [1.29, 1.82) is 0 Å². The molecule has 0 spiro atoms. The first-order chi connectivity index (χ1) is 11.4. The molecule has 0 bridgehead atoms. The predicted molar refractivity (Wildman–Crippen MR) is 96.4 cm³/mol. The molecule has 1 amide bonds. The Morgan fingerprint density at radius 1 is 1.08 bits per heavy atom. The Morgan fingerprint density at radius 2 is 1.68 bits per heavy atom. The van der Waals surface area contributed by atoms with Gasteiger partial charge in [-0.1, -0.05) is 6.42 Å². The zero-order valence-electron chi connectivity index (χ0n) is 16.3. The minimum absolute atomic E-state index is 0.0127. The number of carbonyl (C=O) groups excluding carboxylic acids is 2. The fourth-order valence-corrected chi connectivity index (χ4v) is 1.72. The van der Waals surface area contributed by atoms with Gasteiger partial charge in [0.2, 0.25) is 0 Å². The van der Waals surface area contributed by atoms with Gasteiger partial charge >= 0.3 is 12.1 Å². The zero-order valence-corrected chi connectivity index (χ0v) is 16.3. The van der Waals surface area contributed by atoms with Crippen LogP contribution in [-0.2, 0) is 19.0 Å². The predicted octanol–water partition coefficient (Wildman–Crippen LogP) is 2.35. The summed E-state index contributed by atoms with van der Waals surface area (Å²) in [6.07, 6.45) is 2.45. The molecule has 146 valence electrons. The number of ether oxygens (including phenoxy) is 3. The maximum Gasteiger partial charge on any atom is 0.436 e. The molecule has 0 aromatic heterocycles. The highest BCUT2D eigenvalue weighted by Gasteiger charge is 2.24. The van der Waals surface area contributed by atoms with Crippen molar-refractivity contribution in [3.05, 3.63) is 0 Å². The molecule has 1 atom stereocenters. The van der Waals surface area contributed by atoms with Crippen LogP contribution >= 0.6 is 0 Å². The number of rotatable bonds is 9. The van der Waals surface area contributed by atoms with E-state index in [2.05, 4.69) is 10.3 Å². The normalized spacial score (nSPS) is 13.6. The van der Waals surface area contributed by atoms with Crippen LogP contribution < -0.4 is 11.1 Å². The van der Waals surface area contributed by atoms with Crippen molar-refractivity contribution in [1.82, 2.24) is 5.32 Å². The van der Waals surface area contributed by atoms with Crippen molar-refractivity contribution in [2.45, 2.75) is 78.0 Å². The van der Waals surface area contributed by atoms with E-state index in [9.17, 15) is 9.59 Å². The third-order valence-corrected chi connectivity index (χ3v) is 2.68. The summed E-state index contributed by atoms with van der Waals surface area (Å²) in [7, 11) is 0. The molecule has 0 rings (SSSR count). The summed E-state index contributed by atoms with van der Waals surface area (Å²) in [6.45, 7) is 11.3. The molecule has 8 heteroatoms. The van der Waals surface area contributed by atoms with Crippen LogP contribution in [0.1, 0.15) is 60.8 Å². The summed E-state index contributed by atoms with van der Waals surface area (Å²) in [5.41, 5.74) is 4.30. The lowest BCUT2D eigenvalue weighted by Crippen LogP contribution is -2.42. The Morgan fingerprint density at radius 3 is 2.20 bits per heavy atom. The smallest absolute Gasteiger partial charge is 0.436 e. The third-order valence-electron chi connectivity index (χ3n) is 2.68. The number of aliphatic imine (C=N–C) groups is 1. The van der Waals surface area contributed by atoms with E-state index in [0.717, 1.165) is 19.2 Å². The summed E-state index contributed by atoms with van der Waals surface area (Å²) < 4.78 is 15.5. The average Bonchev–Trinajstić information content (AvgIpc) is 2.41. The molecule has 0 saturated heterocycles. The number of amides is 1. The van der Waals surface area contributed by atoms with Crippen LogP contribution in [-0.4, -0.2) is 49.0 Å². The van der Waals surface area contributed by atoms with Gasteiger partial charge in [0, 0.05) is 0 Å². The highest BCUT2D eigenvalue weighted by molar-refractivity contribution is 5.77. The summed E-state index contributed by atoms with van der Waals surface area (Å²) in [6, 6.07) is -0.513. The first-order valence-electron chi connectivity index (χ1n) is 8.48. The highest BCUT2D eigenvalue weighted by Crippen LogP contribution is 2.11. The van der Waals surface area contributed by atoms with Crippen LogP contribution in [0.4, 0.5) is 4.79 Å². The molecule has 0 aliphatic heterocycles. The first-order valence-corrected chi connectivity index (χ1v) is 8.48. The van der Waals surface area contributed by atoms with Crippen molar-refractivity contribution in [3.8, 4) is 0 Å². The second-order valence-electron chi connectivity index (χ2n) is 7.60. The summed E-state index contributed by atoms with van der Waals surface area (Å²) in [5, 5.41) is 2.94. The fraction of sp³-hybridized carbons (Fsp3) is 0.824. The van der Waals surface area contributed by atoms with Gasteiger partial charge in [-0.2, -0.15) is 0 Å². The van der Waals surface area contributed by atoms with Gasteiger partial charge in [-0.3, -0.25) is 10.1 Å². The van der Waals surface area contributed by atoms with E-state index in [1.165, 1.54) is 0 Å². The minimum atomic E-state index is -0.737. The minimum Gasteiger partial charge on any atom is -0.468 e. The van der Waals surface area contributed by atoms with Crippen LogP contribution in [0.15, 0.2) is 4.99 Å². The number of hydrogen-bond acceptors (Lipinski definition) is 7. The second kappa shape index (κ2) is 11.0. The Kier molecular flexibility index (Phi) is 10.3. The van der Waals surface area contributed by atoms with E-state index in [1.807, 2.05) is 20.8 Å². The molecule has 3 N–H and O–H groups in total. The van der Waals surface area contributed by atoms with E-state index >= 15 is 0 Å². The van der Waals surface area contributed by atoms with Crippen LogP contribution in [0.2, 0.25) is 0 Å². The summed E-state index contributed by atoms with van der Waals surface area (Å²) >= 11 is 0. The number of unbranched alkanes of at least 4 members (excludes halogenated alkanes) is 1. The maximum atomic E-state index is 12.2. The van der Waals surface area contributed by atoms with Crippen molar-refractivity contribution in [2.24, 2.45) is 10.7 Å². The van der Waals surface area contributed by atoms with Gasteiger partial charge in [0.25, 0.3) is 0 Å². The molecule has 8 nitrogen and oxygen atoms in total. The molecule has 0 radical (unpaired) electrons. The van der Waals surface area contributed by atoms with Gasteiger partial charge < -0.3 is 19.9 Å². The number of carbonyl (C=O) groups is 2. The topological polar surface area (TPSA) is 112 Å². The Bertz CT molecular complexity index is 439. The highest BCUT2D eigenvalue weighted by atomic mass is 16.6. The van der Waals surface area contributed by atoms with Gasteiger partial charge in [-0.15, -0.1) is 4.99 Å². The standard InChI is InChI=1S/C17H33N3O5/c1-16(2,3)24-14(21)13(9-7-8-10-18)19-11-23-12-20-15(22)25-17(4,5)6/h12-13,19H,7-11,18H2,1-6H3/t13-/m0/s1. The molecular formula is C17H33N3O5. The number of hydrogen-bond donors (Lipinski definition) is 2. The number of esters is 1. The lowest BCUT2D eigenvalue weighted by Gasteiger charge is -2.24. The Hall–Kier alpha value is -1.67. The number of nitrogens with two attached hydrogens (primary N) is 1. The molecule has 0 aromatic carbocycles. The Labute approximate surface area is 150 Å². The average molecular weight is 359 g/mol. The second-order valence-corrected chi connectivity index (χ2v) is 7.60. The molecule has 0 aromatic rings. The molecular weight excluding hydrogens is 326 g/mol. The Balaban J connectivity index is 4.37. The molecule has 0 unspecified atom stereocenters. The van der Waals surface area contributed by atoms with Crippen molar-refractivity contribution < 1.29 is 23.8 Å². The van der Waals surface area contributed by atoms with E-state index in [4.69, 9.17) is 19.9 Å². The molecule has 0 fully saturated rings. The van der Waals surface area contributed by atoms with Gasteiger partial charge in [-0.05, 0) is 60.9 Å². The lowest BCUT2D eigenvalue weighted by molar-refractivity contribution is -0.158. The number of nitrogens with one attached hydrogen (secondary N) is 1. The molecule has 0 aliphatic carbocycles. The van der Waals surface area contributed by atoms with Crippen molar-refractivity contribution >= 4 is 18.5 Å². The number of nitrogens with zero attached hydrogens (tertiary/aromatic N) is 1. The molecule has 0 saturated carbocycles. The van der Waals surface area contributed by atoms with Gasteiger partial charge in [0.1, 0.15) is 24.0 Å². The largest absolute Gasteiger partial charge is 0.468 e. The van der Waals surface area contributed by atoms with E-state index in [1.54, 1.807) is 20.8 Å². The van der Waals surface area contributed by atoms with Crippen LogP contribution in [0.25, 0.3) is 0 Å². The summed E-state index contributed by atoms with van der Waals surface area (Å²) in [5.74, 6) is -0.350. The first kappa shape index (κ1) is 23.3.